The van der Waals surface area contributed by atoms with Crippen molar-refractivity contribution in [2.45, 2.75) is 45.1 Å². The lowest BCUT2D eigenvalue weighted by Gasteiger charge is -2.29. The highest BCUT2D eigenvalue weighted by Crippen LogP contribution is 2.29. The highest BCUT2D eigenvalue weighted by Gasteiger charge is 2.24. The summed E-state index contributed by atoms with van der Waals surface area (Å²) in [7, 11) is 0. The molecule has 20 heavy (non-hydrogen) atoms. The summed E-state index contributed by atoms with van der Waals surface area (Å²) in [6.07, 6.45) is 5.75. The summed E-state index contributed by atoms with van der Waals surface area (Å²) in [6, 6.07) is 4.23. The minimum Gasteiger partial charge on any atom is -0.476 e. The molecule has 0 bridgehead atoms. The number of aliphatic hydroxyl groups is 1. The van der Waals surface area contributed by atoms with E-state index < -0.39 is 0 Å². The summed E-state index contributed by atoms with van der Waals surface area (Å²) in [5.74, 6) is 1.36. The van der Waals surface area contributed by atoms with Gasteiger partial charge in [0.15, 0.2) is 0 Å². The molecule has 1 saturated carbocycles. The van der Waals surface area contributed by atoms with E-state index in [1.807, 2.05) is 12.1 Å². The van der Waals surface area contributed by atoms with E-state index >= 15 is 0 Å². The van der Waals surface area contributed by atoms with Crippen LogP contribution in [0.3, 0.4) is 0 Å². The fourth-order valence-corrected chi connectivity index (χ4v) is 2.72. The normalized spacial score (nSPS) is 15.5. The zero-order valence-corrected chi connectivity index (χ0v) is 12.2. The molecule has 1 aromatic heterocycles. The fraction of sp³-hybridized carbons (Fsp3) is 0.667. The van der Waals surface area contributed by atoms with Crippen molar-refractivity contribution in [1.29, 1.82) is 0 Å². The quantitative estimate of drug-likeness (QED) is 0.800. The topological polar surface area (TPSA) is 71.6 Å². The predicted octanol–water partition coefficient (Wildman–Crippen LogP) is 2.19. The van der Waals surface area contributed by atoms with Gasteiger partial charge in [0, 0.05) is 12.6 Å². The van der Waals surface area contributed by atoms with Crippen LogP contribution < -0.4 is 15.4 Å². The van der Waals surface area contributed by atoms with Crippen molar-refractivity contribution in [3.05, 3.63) is 12.1 Å². The Hall–Kier alpha value is -1.49. The molecular formula is C15H25N3O2. The van der Waals surface area contributed by atoms with E-state index in [2.05, 4.69) is 16.8 Å². The summed E-state index contributed by atoms with van der Waals surface area (Å²) in [4.78, 5) is 6.73. The first-order chi connectivity index (χ1) is 9.76. The molecule has 0 atom stereocenters. The van der Waals surface area contributed by atoms with Gasteiger partial charge in [-0.05, 0) is 31.4 Å². The monoisotopic (exact) mass is 279 g/mol. The van der Waals surface area contributed by atoms with E-state index in [1.165, 1.54) is 12.8 Å². The van der Waals surface area contributed by atoms with E-state index in [0.29, 0.717) is 30.8 Å². The van der Waals surface area contributed by atoms with Crippen molar-refractivity contribution >= 4 is 11.5 Å². The van der Waals surface area contributed by atoms with Gasteiger partial charge in [0.05, 0.1) is 18.9 Å². The number of anilines is 2. The van der Waals surface area contributed by atoms with Gasteiger partial charge in [-0.2, -0.15) is 4.98 Å². The van der Waals surface area contributed by atoms with Gasteiger partial charge in [0.1, 0.15) is 5.82 Å². The molecule has 0 aromatic carbocycles. The first-order valence-electron chi connectivity index (χ1n) is 7.53. The third kappa shape index (κ3) is 3.54. The highest BCUT2D eigenvalue weighted by atomic mass is 16.5. The number of nitrogens with two attached hydrogens (primary N) is 1. The molecule has 0 aliphatic heterocycles. The molecule has 3 N–H and O–H groups in total. The lowest BCUT2D eigenvalue weighted by Crippen LogP contribution is -2.36. The molecule has 112 valence electrons. The standard InChI is InChI=1S/C15H25N3O2/c1-2-11-20-15-13(16)7-8-14(17-15)18(9-10-19)12-5-3-4-6-12/h7-8,12,19H,2-6,9-11,16H2,1H3. The van der Waals surface area contributed by atoms with Gasteiger partial charge in [-0.1, -0.05) is 19.8 Å². The fourth-order valence-electron chi connectivity index (χ4n) is 2.72. The van der Waals surface area contributed by atoms with Crippen molar-refractivity contribution in [2.24, 2.45) is 0 Å². The van der Waals surface area contributed by atoms with Crippen molar-refractivity contribution in [3.63, 3.8) is 0 Å². The Morgan fingerprint density at radius 3 is 2.80 bits per heavy atom. The minimum absolute atomic E-state index is 0.133. The lowest BCUT2D eigenvalue weighted by atomic mass is 10.2. The average Bonchev–Trinajstić information content (AvgIpc) is 2.98. The highest BCUT2D eigenvalue weighted by molar-refractivity contribution is 5.55. The number of nitrogens with zero attached hydrogens (tertiary/aromatic N) is 2. The molecule has 1 aliphatic carbocycles. The Bertz CT molecular complexity index is 420. The number of hydrogen-bond acceptors (Lipinski definition) is 5. The lowest BCUT2D eigenvalue weighted by molar-refractivity contribution is 0.294. The van der Waals surface area contributed by atoms with Crippen LogP contribution in [0, 0.1) is 0 Å². The van der Waals surface area contributed by atoms with Crippen molar-refractivity contribution in [1.82, 2.24) is 4.98 Å². The Balaban J connectivity index is 2.18. The smallest absolute Gasteiger partial charge is 0.239 e. The second-order valence-electron chi connectivity index (χ2n) is 5.27. The molecule has 0 unspecified atom stereocenters. The Kier molecular flexibility index (Phi) is 5.47. The number of aromatic nitrogens is 1. The number of ether oxygens (including phenoxy) is 1. The number of pyridine rings is 1. The number of rotatable bonds is 7. The first kappa shape index (κ1) is 14.9. The second kappa shape index (κ2) is 7.33. The third-order valence-corrected chi connectivity index (χ3v) is 3.72. The predicted molar refractivity (Wildman–Crippen MR) is 81.1 cm³/mol. The maximum Gasteiger partial charge on any atom is 0.239 e. The first-order valence-corrected chi connectivity index (χ1v) is 7.53. The van der Waals surface area contributed by atoms with Crippen molar-refractivity contribution in [2.75, 3.05) is 30.4 Å². The van der Waals surface area contributed by atoms with Crippen LogP contribution in [-0.2, 0) is 0 Å². The summed E-state index contributed by atoms with van der Waals surface area (Å²) in [5, 5.41) is 9.30. The molecule has 0 amide bonds. The van der Waals surface area contributed by atoms with Crippen LogP contribution in [0.1, 0.15) is 39.0 Å². The molecule has 5 heteroatoms. The molecular weight excluding hydrogens is 254 g/mol. The summed E-state index contributed by atoms with van der Waals surface area (Å²) in [5.41, 5.74) is 6.47. The maximum absolute atomic E-state index is 9.30. The van der Waals surface area contributed by atoms with E-state index in [9.17, 15) is 5.11 Å². The Morgan fingerprint density at radius 1 is 1.40 bits per heavy atom. The van der Waals surface area contributed by atoms with E-state index in [1.54, 1.807) is 0 Å². The van der Waals surface area contributed by atoms with Crippen LogP contribution in [-0.4, -0.2) is 35.9 Å². The van der Waals surface area contributed by atoms with E-state index in [0.717, 1.165) is 25.1 Å². The van der Waals surface area contributed by atoms with Crippen LogP contribution in [0.4, 0.5) is 11.5 Å². The minimum atomic E-state index is 0.133. The molecule has 0 saturated heterocycles. The van der Waals surface area contributed by atoms with Crippen LogP contribution >= 0.6 is 0 Å². The zero-order chi connectivity index (χ0) is 14.4. The summed E-state index contributed by atoms with van der Waals surface area (Å²) in [6.45, 7) is 3.41. The number of hydrogen-bond donors (Lipinski definition) is 2. The van der Waals surface area contributed by atoms with Crippen LogP contribution in [0.5, 0.6) is 5.88 Å². The largest absolute Gasteiger partial charge is 0.476 e. The second-order valence-corrected chi connectivity index (χ2v) is 5.27. The van der Waals surface area contributed by atoms with Crippen LogP contribution in [0.2, 0.25) is 0 Å². The van der Waals surface area contributed by atoms with Gasteiger partial charge in [-0.3, -0.25) is 0 Å². The van der Waals surface area contributed by atoms with Gasteiger partial charge in [0.25, 0.3) is 0 Å². The Labute approximate surface area is 120 Å². The average molecular weight is 279 g/mol. The summed E-state index contributed by atoms with van der Waals surface area (Å²) >= 11 is 0. The number of nitrogen functional groups attached to an aromatic ring is 1. The number of aliphatic hydroxyl groups excluding tert-OH is 1. The van der Waals surface area contributed by atoms with Crippen LogP contribution in [0.25, 0.3) is 0 Å². The van der Waals surface area contributed by atoms with Gasteiger partial charge >= 0.3 is 0 Å². The molecule has 1 aromatic rings. The maximum atomic E-state index is 9.30. The van der Waals surface area contributed by atoms with E-state index in [4.69, 9.17) is 10.5 Å². The van der Waals surface area contributed by atoms with Gasteiger partial charge in [-0.15, -0.1) is 0 Å². The summed E-state index contributed by atoms with van der Waals surface area (Å²) < 4.78 is 5.59. The van der Waals surface area contributed by atoms with Crippen LogP contribution in [0.15, 0.2) is 12.1 Å². The molecule has 0 radical (unpaired) electrons. The third-order valence-electron chi connectivity index (χ3n) is 3.72. The zero-order valence-electron chi connectivity index (χ0n) is 12.2. The Morgan fingerprint density at radius 2 is 2.15 bits per heavy atom. The van der Waals surface area contributed by atoms with Gasteiger partial charge in [-0.25, -0.2) is 0 Å². The molecule has 1 aliphatic rings. The van der Waals surface area contributed by atoms with Gasteiger partial charge < -0.3 is 20.5 Å². The van der Waals surface area contributed by atoms with Crippen molar-refractivity contribution in [3.8, 4) is 5.88 Å². The SMILES string of the molecule is CCCOc1nc(N(CCO)C2CCCC2)ccc1N. The molecule has 1 fully saturated rings. The molecule has 2 rings (SSSR count). The molecule has 0 spiro atoms. The molecule has 5 nitrogen and oxygen atoms in total. The van der Waals surface area contributed by atoms with Crippen molar-refractivity contribution < 1.29 is 9.84 Å². The molecule has 1 heterocycles. The van der Waals surface area contributed by atoms with E-state index in [-0.39, 0.29) is 6.61 Å². The van der Waals surface area contributed by atoms with Gasteiger partial charge in [0.2, 0.25) is 5.88 Å².